The molecule has 0 heterocycles. The average Bonchev–Trinajstić information content (AvgIpc) is 2.43. The monoisotopic (exact) mass is 385 g/mol. The summed E-state index contributed by atoms with van der Waals surface area (Å²) in [6.07, 6.45) is 2.28. The minimum absolute atomic E-state index is 0.136. The Morgan fingerprint density at radius 2 is 1.67 bits per heavy atom. The lowest BCUT2D eigenvalue weighted by Crippen LogP contribution is -2.07. The van der Waals surface area contributed by atoms with Crippen molar-refractivity contribution in [2.45, 2.75) is 32.7 Å². The summed E-state index contributed by atoms with van der Waals surface area (Å²) in [4.78, 5) is 0. The predicted octanol–water partition coefficient (Wildman–Crippen LogP) is 6.88. The van der Waals surface area contributed by atoms with Crippen molar-refractivity contribution >= 4 is 44.8 Å². The zero-order valence-electron chi connectivity index (χ0n) is 12.1. The maximum Gasteiger partial charge on any atom is 0.0724 e. The molecule has 21 heavy (non-hydrogen) atoms. The van der Waals surface area contributed by atoms with Gasteiger partial charge in [-0.25, -0.2) is 0 Å². The smallest absolute Gasteiger partial charge is 0.0724 e. The van der Waals surface area contributed by atoms with Gasteiger partial charge in [-0.1, -0.05) is 76.7 Å². The number of nitrogens with one attached hydrogen (secondary N) is 1. The lowest BCUT2D eigenvalue weighted by molar-refractivity contribution is 0.876. The van der Waals surface area contributed by atoms with Crippen LogP contribution in [0.3, 0.4) is 0 Å². The molecule has 1 N–H and O–H groups in total. The first-order chi connectivity index (χ1) is 10.0. The van der Waals surface area contributed by atoms with Gasteiger partial charge in [0.1, 0.15) is 0 Å². The summed E-state index contributed by atoms with van der Waals surface area (Å²) in [5.74, 6) is 0. The molecule has 0 radical (unpaired) electrons. The maximum atomic E-state index is 6.26. The van der Waals surface area contributed by atoms with Gasteiger partial charge in [0.05, 0.1) is 15.7 Å². The number of hydrogen-bond donors (Lipinski definition) is 1. The number of aryl methyl sites for hydroxylation is 1. The molecule has 1 nitrogen and oxygen atoms in total. The Balaban J connectivity index is 2.16. The highest BCUT2D eigenvalue weighted by atomic mass is 79.9. The second-order valence-electron chi connectivity index (χ2n) is 5.10. The fourth-order valence-electron chi connectivity index (χ4n) is 2.24. The molecule has 2 rings (SSSR count). The Labute approximate surface area is 144 Å². The molecule has 0 fully saturated rings. The Morgan fingerprint density at radius 1 is 1.10 bits per heavy atom. The van der Waals surface area contributed by atoms with Crippen molar-refractivity contribution in [2.75, 3.05) is 5.32 Å². The van der Waals surface area contributed by atoms with Gasteiger partial charge in [-0.15, -0.1) is 0 Å². The zero-order chi connectivity index (χ0) is 15.4. The van der Waals surface area contributed by atoms with Crippen LogP contribution in [0.15, 0.2) is 40.9 Å². The molecule has 0 aliphatic heterocycles. The molecule has 0 saturated carbocycles. The summed E-state index contributed by atoms with van der Waals surface area (Å²) < 4.78 is 0.875. The Kier molecular flexibility index (Phi) is 5.98. The molecule has 0 aromatic heterocycles. The Hall–Kier alpha value is -0.700. The first-order valence-corrected chi connectivity index (χ1v) is 8.56. The summed E-state index contributed by atoms with van der Waals surface area (Å²) in [5.41, 5.74) is 3.35. The maximum absolute atomic E-state index is 6.26. The summed E-state index contributed by atoms with van der Waals surface area (Å²) in [6.45, 7) is 4.29. The summed E-state index contributed by atoms with van der Waals surface area (Å²) in [7, 11) is 0. The molecule has 4 heteroatoms. The van der Waals surface area contributed by atoms with Crippen molar-refractivity contribution in [1.82, 2.24) is 0 Å². The van der Waals surface area contributed by atoms with Crippen molar-refractivity contribution in [3.05, 3.63) is 62.0 Å². The van der Waals surface area contributed by atoms with Crippen LogP contribution in [0, 0.1) is 0 Å². The van der Waals surface area contributed by atoms with E-state index in [2.05, 4.69) is 59.4 Å². The highest BCUT2D eigenvalue weighted by molar-refractivity contribution is 9.10. The Bertz CT molecular complexity index is 588. The predicted molar refractivity (Wildman–Crippen MR) is 96.6 cm³/mol. The molecule has 0 spiro atoms. The molecule has 0 aliphatic carbocycles. The van der Waals surface area contributed by atoms with Crippen LogP contribution in [0.4, 0.5) is 5.69 Å². The number of anilines is 1. The van der Waals surface area contributed by atoms with Crippen molar-refractivity contribution in [3.63, 3.8) is 0 Å². The van der Waals surface area contributed by atoms with Crippen LogP contribution in [0.1, 0.15) is 37.4 Å². The molecule has 0 bridgehead atoms. The van der Waals surface area contributed by atoms with Gasteiger partial charge in [-0.2, -0.15) is 0 Å². The van der Waals surface area contributed by atoms with Crippen LogP contribution in [-0.4, -0.2) is 0 Å². The first kappa shape index (κ1) is 16.7. The van der Waals surface area contributed by atoms with E-state index in [0.29, 0.717) is 10.0 Å². The van der Waals surface area contributed by atoms with E-state index in [-0.39, 0.29) is 6.04 Å². The SMILES string of the molecule is CCCc1ccc(C(C)Nc2c(Cl)cc(Br)cc2Cl)cc1. The van der Waals surface area contributed by atoms with Gasteiger partial charge in [0, 0.05) is 10.5 Å². The molecule has 0 amide bonds. The highest BCUT2D eigenvalue weighted by Crippen LogP contribution is 2.36. The molecule has 2 aromatic carbocycles. The number of halogens is 3. The fraction of sp³-hybridized carbons (Fsp3) is 0.294. The third-order valence-corrected chi connectivity index (χ3v) is 4.44. The minimum atomic E-state index is 0.136. The van der Waals surface area contributed by atoms with Gasteiger partial charge in [0.15, 0.2) is 0 Å². The molecular weight excluding hydrogens is 369 g/mol. The van der Waals surface area contributed by atoms with Crippen LogP contribution >= 0.6 is 39.1 Å². The fourth-order valence-corrected chi connectivity index (χ4v) is 3.56. The van der Waals surface area contributed by atoms with Gasteiger partial charge >= 0.3 is 0 Å². The van der Waals surface area contributed by atoms with Gasteiger partial charge in [-0.05, 0) is 36.6 Å². The zero-order valence-corrected chi connectivity index (χ0v) is 15.2. The van der Waals surface area contributed by atoms with Crippen LogP contribution in [0.25, 0.3) is 0 Å². The van der Waals surface area contributed by atoms with E-state index in [1.165, 1.54) is 11.1 Å². The molecule has 0 aliphatic rings. The third-order valence-electron chi connectivity index (χ3n) is 3.39. The lowest BCUT2D eigenvalue weighted by atomic mass is 10.0. The molecule has 1 unspecified atom stereocenters. The second-order valence-corrected chi connectivity index (χ2v) is 6.83. The van der Waals surface area contributed by atoms with Crippen LogP contribution in [-0.2, 0) is 6.42 Å². The highest BCUT2D eigenvalue weighted by Gasteiger charge is 2.12. The van der Waals surface area contributed by atoms with Gasteiger partial charge in [-0.3, -0.25) is 0 Å². The molecular formula is C17H18BrCl2N. The average molecular weight is 387 g/mol. The van der Waals surface area contributed by atoms with Crippen molar-refractivity contribution in [2.24, 2.45) is 0 Å². The van der Waals surface area contributed by atoms with Crippen LogP contribution in [0.2, 0.25) is 10.0 Å². The first-order valence-electron chi connectivity index (χ1n) is 7.01. The minimum Gasteiger partial charge on any atom is -0.376 e. The van der Waals surface area contributed by atoms with Crippen molar-refractivity contribution in [1.29, 1.82) is 0 Å². The van der Waals surface area contributed by atoms with Crippen LogP contribution < -0.4 is 5.32 Å². The van der Waals surface area contributed by atoms with E-state index in [1.54, 1.807) is 0 Å². The number of hydrogen-bond acceptors (Lipinski definition) is 1. The second kappa shape index (κ2) is 7.53. The number of rotatable bonds is 5. The lowest BCUT2D eigenvalue weighted by Gasteiger charge is -2.18. The molecule has 0 saturated heterocycles. The van der Waals surface area contributed by atoms with E-state index in [4.69, 9.17) is 23.2 Å². The van der Waals surface area contributed by atoms with E-state index >= 15 is 0 Å². The molecule has 1 atom stereocenters. The quantitative estimate of drug-likeness (QED) is 0.590. The van der Waals surface area contributed by atoms with Gasteiger partial charge < -0.3 is 5.32 Å². The molecule has 112 valence electrons. The number of benzene rings is 2. The van der Waals surface area contributed by atoms with Crippen molar-refractivity contribution in [3.8, 4) is 0 Å². The van der Waals surface area contributed by atoms with Crippen LogP contribution in [0.5, 0.6) is 0 Å². The summed E-state index contributed by atoms with van der Waals surface area (Å²) in [5, 5.41) is 4.62. The summed E-state index contributed by atoms with van der Waals surface area (Å²) in [6, 6.07) is 12.5. The van der Waals surface area contributed by atoms with E-state index in [9.17, 15) is 0 Å². The Morgan fingerprint density at radius 3 is 2.19 bits per heavy atom. The topological polar surface area (TPSA) is 12.0 Å². The van der Waals surface area contributed by atoms with E-state index < -0.39 is 0 Å². The van der Waals surface area contributed by atoms with E-state index in [0.717, 1.165) is 23.0 Å². The summed E-state index contributed by atoms with van der Waals surface area (Å²) >= 11 is 15.9. The molecule has 2 aromatic rings. The standard InChI is InChI=1S/C17H18BrCl2N/c1-3-4-12-5-7-13(8-6-12)11(2)21-17-15(19)9-14(18)10-16(17)20/h5-11,21H,3-4H2,1-2H3. The normalized spacial score (nSPS) is 12.2. The third kappa shape index (κ3) is 4.38. The van der Waals surface area contributed by atoms with Gasteiger partial charge in [0.2, 0.25) is 0 Å². The largest absolute Gasteiger partial charge is 0.376 e. The van der Waals surface area contributed by atoms with E-state index in [1.807, 2.05) is 12.1 Å². The van der Waals surface area contributed by atoms with Gasteiger partial charge in [0.25, 0.3) is 0 Å². The van der Waals surface area contributed by atoms with Crippen molar-refractivity contribution < 1.29 is 0 Å².